The zero-order chi connectivity index (χ0) is 7.94. The third kappa shape index (κ3) is 3.11. The SMILES string of the molecule is NOCCCc1ccccn1. The van der Waals surface area contributed by atoms with E-state index in [9.17, 15) is 0 Å². The fourth-order valence-corrected chi connectivity index (χ4v) is 0.883. The summed E-state index contributed by atoms with van der Waals surface area (Å²) in [6.07, 6.45) is 3.64. The maximum atomic E-state index is 4.87. The molecule has 0 saturated carbocycles. The van der Waals surface area contributed by atoms with Crippen molar-refractivity contribution in [3.63, 3.8) is 0 Å². The van der Waals surface area contributed by atoms with Crippen LogP contribution >= 0.6 is 0 Å². The summed E-state index contributed by atoms with van der Waals surface area (Å²) in [6, 6.07) is 5.88. The molecule has 0 aliphatic carbocycles. The van der Waals surface area contributed by atoms with Crippen molar-refractivity contribution in [2.45, 2.75) is 12.8 Å². The summed E-state index contributed by atoms with van der Waals surface area (Å²) in [5.41, 5.74) is 1.09. The first-order valence-electron chi connectivity index (χ1n) is 3.65. The number of hydrogen-bond donors (Lipinski definition) is 1. The molecule has 3 heteroatoms. The number of pyridine rings is 1. The van der Waals surface area contributed by atoms with Gasteiger partial charge in [0.2, 0.25) is 0 Å². The van der Waals surface area contributed by atoms with Gasteiger partial charge in [0, 0.05) is 11.9 Å². The number of nitrogens with zero attached hydrogens (tertiary/aromatic N) is 1. The Kier molecular flexibility index (Phi) is 3.58. The molecule has 0 aliphatic heterocycles. The third-order valence-corrected chi connectivity index (χ3v) is 1.42. The average Bonchev–Trinajstić information content (AvgIpc) is 2.07. The van der Waals surface area contributed by atoms with E-state index in [-0.39, 0.29) is 0 Å². The molecular formula is C8H12N2O. The molecule has 0 unspecified atom stereocenters. The lowest BCUT2D eigenvalue weighted by Gasteiger charge is -1.97. The lowest BCUT2D eigenvalue weighted by Crippen LogP contribution is -2.02. The highest BCUT2D eigenvalue weighted by atomic mass is 16.6. The number of rotatable bonds is 4. The number of hydrogen-bond acceptors (Lipinski definition) is 3. The van der Waals surface area contributed by atoms with Crippen molar-refractivity contribution < 1.29 is 4.84 Å². The van der Waals surface area contributed by atoms with E-state index in [2.05, 4.69) is 9.82 Å². The van der Waals surface area contributed by atoms with Crippen LogP contribution in [0.2, 0.25) is 0 Å². The summed E-state index contributed by atoms with van der Waals surface area (Å²) in [4.78, 5) is 8.59. The zero-order valence-electron chi connectivity index (χ0n) is 6.36. The molecule has 3 nitrogen and oxygen atoms in total. The van der Waals surface area contributed by atoms with Crippen LogP contribution in [0.15, 0.2) is 24.4 Å². The number of nitrogens with two attached hydrogens (primary N) is 1. The fraction of sp³-hybridized carbons (Fsp3) is 0.375. The van der Waals surface area contributed by atoms with E-state index in [0.717, 1.165) is 18.5 Å². The van der Waals surface area contributed by atoms with Gasteiger partial charge in [0.05, 0.1) is 6.61 Å². The molecule has 0 fully saturated rings. The van der Waals surface area contributed by atoms with Crippen LogP contribution in [0.1, 0.15) is 12.1 Å². The van der Waals surface area contributed by atoms with Crippen LogP contribution in [0.4, 0.5) is 0 Å². The molecule has 0 aromatic carbocycles. The quantitative estimate of drug-likeness (QED) is 0.515. The van der Waals surface area contributed by atoms with Crippen LogP contribution in [0.25, 0.3) is 0 Å². The van der Waals surface area contributed by atoms with Crippen LogP contribution in [0, 0.1) is 0 Å². The average molecular weight is 152 g/mol. The van der Waals surface area contributed by atoms with Crippen LogP contribution < -0.4 is 5.90 Å². The van der Waals surface area contributed by atoms with Gasteiger partial charge >= 0.3 is 0 Å². The zero-order valence-corrected chi connectivity index (χ0v) is 6.36. The van der Waals surface area contributed by atoms with E-state index < -0.39 is 0 Å². The van der Waals surface area contributed by atoms with E-state index in [4.69, 9.17) is 5.90 Å². The smallest absolute Gasteiger partial charge is 0.0683 e. The van der Waals surface area contributed by atoms with Gasteiger partial charge in [0.25, 0.3) is 0 Å². The van der Waals surface area contributed by atoms with Crippen molar-refractivity contribution in [2.75, 3.05) is 6.61 Å². The van der Waals surface area contributed by atoms with Gasteiger partial charge in [0.15, 0.2) is 0 Å². The summed E-state index contributed by atoms with van der Waals surface area (Å²) in [5, 5.41) is 0. The van der Waals surface area contributed by atoms with Crippen molar-refractivity contribution in [2.24, 2.45) is 5.90 Å². The molecule has 0 saturated heterocycles. The minimum atomic E-state index is 0.594. The lowest BCUT2D eigenvalue weighted by molar-refractivity contribution is 0.135. The van der Waals surface area contributed by atoms with Crippen LogP contribution in [0.5, 0.6) is 0 Å². The second kappa shape index (κ2) is 4.82. The van der Waals surface area contributed by atoms with Gasteiger partial charge in [-0.15, -0.1) is 0 Å². The Morgan fingerprint density at radius 3 is 3.00 bits per heavy atom. The summed E-state index contributed by atoms with van der Waals surface area (Å²) in [6.45, 7) is 0.594. The van der Waals surface area contributed by atoms with Crippen molar-refractivity contribution in [1.29, 1.82) is 0 Å². The van der Waals surface area contributed by atoms with Crippen molar-refractivity contribution in [3.05, 3.63) is 30.1 Å². The maximum absolute atomic E-state index is 4.87. The predicted molar refractivity (Wildman–Crippen MR) is 42.7 cm³/mol. The molecule has 2 N–H and O–H groups in total. The van der Waals surface area contributed by atoms with Gasteiger partial charge < -0.3 is 4.84 Å². The Hall–Kier alpha value is -0.930. The van der Waals surface area contributed by atoms with Crippen molar-refractivity contribution in [3.8, 4) is 0 Å². The molecule has 1 heterocycles. The third-order valence-electron chi connectivity index (χ3n) is 1.42. The first kappa shape index (κ1) is 8.17. The lowest BCUT2D eigenvalue weighted by atomic mass is 10.2. The molecule has 0 bridgehead atoms. The van der Waals surface area contributed by atoms with E-state index in [0.29, 0.717) is 6.61 Å². The van der Waals surface area contributed by atoms with Gasteiger partial charge in [-0.25, -0.2) is 5.90 Å². The summed E-state index contributed by atoms with van der Waals surface area (Å²) < 4.78 is 0. The molecule has 1 aromatic heterocycles. The second-order valence-corrected chi connectivity index (χ2v) is 2.30. The molecule has 1 aromatic rings. The molecule has 60 valence electrons. The maximum Gasteiger partial charge on any atom is 0.0683 e. The van der Waals surface area contributed by atoms with Gasteiger partial charge in [-0.2, -0.15) is 0 Å². The van der Waals surface area contributed by atoms with Crippen LogP contribution in [-0.2, 0) is 11.3 Å². The van der Waals surface area contributed by atoms with Crippen molar-refractivity contribution >= 4 is 0 Å². The molecular weight excluding hydrogens is 140 g/mol. The largest absolute Gasteiger partial charge is 0.305 e. The monoisotopic (exact) mass is 152 g/mol. The van der Waals surface area contributed by atoms with Gasteiger partial charge in [0.1, 0.15) is 0 Å². The Morgan fingerprint density at radius 2 is 2.36 bits per heavy atom. The Balaban J connectivity index is 2.28. The number of aryl methyl sites for hydroxylation is 1. The summed E-state index contributed by atoms with van der Waals surface area (Å²) in [5.74, 6) is 4.87. The molecule has 0 amide bonds. The molecule has 0 atom stereocenters. The standard InChI is InChI=1S/C8H12N2O/c9-11-7-3-5-8-4-1-2-6-10-8/h1-2,4,6H,3,5,7,9H2. The van der Waals surface area contributed by atoms with E-state index >= 15 is 0 Å². The topological polar surface area (TPSA) is 48.1 Å². The van der Waals surface area contributed by atoms with Gasteiger partial charge in [-0.05, 0) is 25.0 Å². The second-order valence-electron chi connectivity index (χ2n) is 2.30. The Morgan fingerprint density at radius 1 is 1.45 bits per heavy atom. The van der Waals surface area contributed by atoms with Gasteiger partial charge in [-0.1, -0.05) is 6.07 Å². The molecule has 0 radical (unpaired) electrons. The van der Waals surface area contributed by atoms with E-state index in [1.54, 1.807) is 6.20 Å². The van der Waals surface area contributed by atoms with E-state index in [1.165, 1.54) is 0 Å². The Bertz CT molecular complexity index is 189. The highest BCUT2D eigenvalue weighted by molar-refractivity contribution is 5.03. The molecule has 1 rings (SSSR count). The van der Waals surface area contributed by atoms with Crippen LogP contribution in [0.3, 0.4) is 0 Å². The normalized spacial score (nSPS) is 9.91. The molecule has 0 aliphatic rings. The van der Waals surface area contributed by atoms with Crippen LogP contribution in [-0.4, -0.2) is 11.6 Å². The first-order valence-corrected chi connectivity index (χ1v) is 3.65. The molecule has 0 spiro atoms. The summed E-state index contributed by atoms with van der Waals surface area (Å²) in [7, 11) is 0. The predicted octanol–water partition coefficient (Wildman–Crippen LogP) is 0.905. The Labute approximate surface area is 66.2 Å². The minimum Gasteiger partial charge on any atom is -0.305 e. The van der Waals surface area contributed by atoms with E-state index in [1.807, 2.05) is 18.2 Å². The van der Waals surface area contributed by atoms with Crippen molar-refractivity contribution in [1.82, 2.24) is 4.98 Å². The first-order chi connectivity index (χ1) is 5.43. The fourth-order valence-electron chi connectivity index (χ4n) is 0.883. The molecule has 11 heavy (non-hydrogen) atoms. The highest BCUT2D eigenvalue weighted by Gasteiger charge is 1.91. The highest BCUT2D eigenvalue weighted by Crippen LogP contribution is 1.97. The van der Waals surface area contributed by atoms with Gasteiger partial charge in [-0.3, -0.25) is 4.98 Å². The minimum absolute atomic E-state index is 0.594. The summed E-state index contributed by atoms with van der Waals surface area (Å²) >= 11 is 0. The number of aromatic nitrogens is 1.